The van der Waals surface area contributed by atoms with Gasteiger partial charge in [-0.3, -0.25) is 0 Å². The van der Waals surface area contributed by atoms with Crippen molar-refractivity contribution in [3.63, 3.8) is 0 Å². The second-order valence-electron chi connectivity index (χ2n) is 4.43. The molecule has 0 bridgehead atoms. The predicted molar refractivity (Wildman–Crippen MR) is 81.5 cm³/mol. The number of rotatable bonds is 7. The molecule has 0 unspecified atom stereocenters. The maximum absolute atomic E-state index is 5.79. The van der Waals surface area contributed by atoms with Gasteiger partial charge in [0, 0.05) is 6.54 Å². The zero-order valence-corrected chi connectivity index (χ0v) is 12.1. The number of ether oxygens (including phenoxy) is 2. The van der Waals surface area contributed by atoms with Crippen LogP contribution in [0.1, 0.15) is 19.4 Å². The summed E-state index contributed by atoms with van der Waals surface area (Å²) in [5.41, 5.74) is 1.26. The maximum atomic E-state index is 5.79. The van der Waals surface area contributed by atoms with Crippen molar-refractivity contribution in [2.45, 2.75) is 20.4 Å². The Kier molecular flexibility index (Phi) is 5.44. The van der Waals surface area contributed by atoms with Crippen molar-refractivity contribution in [2.75, 3.05) is 13.2 Å². The van der Waals surface area contributed by atoms with E-state index in [0.29, 0.717) is 6.61 Å². The van der Waals surface area contributed by atoms with E-state index in [2.05, 4.69) is 24.4 Å². The molecule has 0 fully saturated rings. The molecule has 0 saturated carbocycles. The Morgan fingerprint density at radius 2 is 1.35 bits per heavy atom. The number of hydrogen-bond acceptors (Lipinski definition) is 3. The maximum Gasteiger partial charge on any atom is 0.127 e. The molecule has 0 heterocycles. The fraction of sp³-hybridized carbons (Fsp3) is 0.294. The van der Waals surface area contributed by atoms with E-state index in [1.54, 1.807) is 0 Å². The van der Waals surface area contributed by atoms with E-state index in [0.717, 1.165) is 30.3 Å². The summed E-state index contributed by atoms with van der Waals surface area (Å²) in [7, 11) is 0. The Labute approximate surface area is 120 Å². The molecule has 0 radical (unpaired) electrons. The van der Waals surface area contributed by atoms with Crippen molar-refractivity contribution in [1.82, 2.24) is 5.32 Å². The van der Waals surface area contributed by atoms with Crippen LogP contribution in [0, 0.1) is 0 Å². The fourth-order valence-electron chi connectivity index (χ4n) is 1.85. The molecule has 3 nitrogen and oxygen atoms in total. The Morgan fingerprint density at radius 1 is 0.800 bits per heavy atom. The summed E-state index contributed by atoms with van der Waals surface area (Å²) >= 11 is 0. The summed E-state index contributed by atoms with van der Waals surface area (Å²) in [5, 5.41) is 3.30. The van der Waals surface area contributed by atoms with Crippen LogP contribution >= 0.6 is 0 Å². The van der Waals surface area contributed by atoms with Crippen molar-refractivity contribution in [2.24, 2.45) is 0 Å². The molecule has 106 valence electrons. The van der Waals surface area contributed by atoms with Crippen LogP contribution in [0.15, 0.2) is 48.5 Å². The average molecular weight is 271 g/mol. The van der Waals surface area contributed by atoms with Gasteiger partial charge in [0.1, 0.15) is 17.2 Å². The standard InChI is InChI=1S/C17H21NO2/c1-3-18-13-14-5-7-16(8-6-14)20-17-11-9-15(10-12-17)19-4-2/h5-12,18H,3-4,13H2,1-2H3. The van der Waals surface area contributed by atoms with Gasteiger partial charge in [0.2, 0.25) is 0 Å². The second kappa shape index (κ2) is 7.56. The van der Waals surface area contributed by atoms with Crippen LogP contribution < -0.4 is 14.8 Å². The molecule has 2 aromatic carbocycles. The molecule has 0 saturated heterocycles. The van der Waals surface area contributed by atoms with E-state index >= 15 is 0 Å². The third kappa shape index (κ3) is 4.28. The molecule has 20 heavy (non-hydrogen) atoms. The van der Waals surface area contributed by atoms with Crippen molar-refractivity contribution < 1.29 is 9.47 Å². The summed E-state index contributed by atoms with van der Waals surface area (Å²) in [5.74, 6) is 2.52. The van der Waals surface area contributed by atoms with Gasteiger partial charge in [0.05, 0.1) is 6.61 Å². The molecule has 0 aliphatic heterocycles. The quantitative estimate of drug-likeness (QED) is 0.826. The Bertz CT molecular complexity index is 506. The number of nitrogens with one attached hydrogen (secondary N) is 1. The van der Waals surface area contributed by atoms with Gasteiger partial charge in [0.25, 0.3) is 0 Å². The van der Waals surface area contributed by atoms with Gasteiger partial charge in [-0.05, 0) is 55.4 Å². The van der Waals surface area contributed by atoms with Crippen LogP contribution in [0.4, 0.5) is 0 Å². The summed E-state index contributed by atoms with van der Waals surface area (Å²) in [6, 6.07) is 15.8. The predicted octanol–water partition coefficient (Wildman–Crippen LogP) is 3.99. The summed E-state index contributed by atoms with van der Waals surface area (Å²) in [6.45, 7) is 6.61. The Hall–Kier alpha value is -2.00. The minimum absolute atomic E-state index is 0.674. The SMILES string of the molecule is CCNCc1ccc(Oc2ccc(OCC)cc2)cc1. The molecule has 0 atom stereocenters. The molecule has 0 aromatic heterocycles. The van der Waals surface area contributed by atoms with E-state index in [4.69, 9.17) is 9.47 Å². The molecule has 0 spiro atoms. The largest absolute Gasteiger partial charge is 0.494 e. The van der Waals surface area contributed by atoms with Crippen molar-refractivity contribution in [3.05, 3.63) is 54.1 Å². The second-order valence-corrected chi connectivity index (χ2v) is 4.43. The minimum atomic E-state index is 0.674. The van der Waals surface area contributed by atoms with Crippen molar-refractivity contribution >= 4 is 0 Å². The first-order chi connectivity index (χ1) is 9.81. The summed E-state index contributed by atoms with van der Waals surface area (Å²) in [4.78, 5) is 0. The van der Waals surface area contributed by atoms with Gasteiger partial charge in [0.15, 0.2) is 0 Å². The van der Waals surface area contributed by atoms with Crippen LogP contribution in [0.2, 0.25) is 0 Å². The van der Waals surface area contributed by atoms with E-state index in [-0.39, 0.29) is 0 Å². The zero-order chi connectivity index (χ0) is 14.2. The van der Waals surface area contributed by atoms with Gasteiger partial charge in [-0.15, -0.1) is 0 Å². The van der Waals surface area contributed by atoms with Gasteiger partial charge >= 0.3 is 0 Å². The molecule has 0 aliphatic carbocycles. The van der Waals surface area contributed by atoms with Crippen LogP contribution in [0.25, 0.3) is 0 Å². The minimum Gasteiger partial charge on any atom is -0.494 e. The van der Waals surface area contributed by atoms with Gasteiger partial charge in [-0.1, -0.05) is 19.1 Å². The lowest BCUT2D eigenvalue weighted by molar-refractivity contribution is 0.339. The van der Waals surface area contributed by atoms with Crippen molar-refractivity contribution in [3.8, 4) is 17.2 Å². The van der Waals surface area contributed by atoms with Gasteiger partial charge in [-0.2, -0.15) is 0 Å². The van der Waals surface area contributed by atoms with Crippen molar-refractivity contribution in [1.29, 1.82) is 0 Å². The highest BCUT2D eigenvalue weighted by molar-refractivity contribution is 5.36. The number of benzene rings is 2. The highest BCUT2D eigenvalue weighted by atomic mass is 16.5. The Morgan fingerprint density at radius 3 is 1.90 bits per heavy atom. The first-order valence-electron chi connectivity index (χ1n) is 7.02. The van der Waals surface area contributed by atoms with E-state index in [9.17, 15) is 0 Å². The Balaban J connectivity index is 1.95. The first-order valence-corrected chi connectivity index (χ1v) is 7.02. The highest BCUT2D eigenvalue weighted by Crippen LogP contribution is 2.24. The average Bonchev–Trinajstić information content (AvgIpc) is 2.49. The van der Waals surface area contributed by atoms with Crippen LogP contribution in [-0.2, 0) is 6.54 Å². The lowest BCUT2D eigenvalue weighted by Crippen LogP contribution is -2.11. The molecule has 1 N–H and O–H groups in total. The monoisotopic (exact) mass is 271 g/mol. The zero-order valence-electron chi connectivity index (χ0n) is 12.1. The first kappa shape index (κ1) is 14.4. The molecule has 2 rings (SSSR count). The molecule has 3 heteroatoms. The van der Waals surface area contributed by atoms with E-state index < -0.39 is 0 Å². The van der Waals surface area contributed by atoms with Crippen LogP contribution in [0.5, 0.6) is 17.2 Å². The molecule has 0 amide bonds. The summed E-state index contributed by atoms with van der Waals surface area (Å²) < 4.78 is 11.2. The highest BCUT2D eigenvalue weighted by Gasteiger charge is 1.99. The smallest absolute Gasteiger partial charge is 0.127 e. The van der Waals surface area contributed by atoms with Crippen LogP contribution in [0.3, 0.4) is 0 Å². The van der Waals surface area contributed by atoms with Gasteiger partial charge < -0.3 is 14.8 Å². The molecule has 2 aromatic rings. The number of hydrogen-bond donors (Lipinski definition) is 1. The van der Waals surface area contributed by atoms with Crippen LogP contribution in [-0.4, -0.2) is 13.2 Å². The van der Waals surface area contributed by atoms with Gasteiger partial charge in [-0.25, -0.2) is 0 Å². The lowest BCUT2D eigenvalue weighted by atomic mass is 10.2. The third-order valence-corrected chi connectivity index (χ3v) is 2.87. The molecular formula is C17H21NO2. The third-order valence-electron chi connectivity index (χ3n) is 2.87. The molecule has 0 aliphatic rings. The van der Waals surface area contributed by atoms with E-state index in [1.165, 1.54) is 5.56 Å². The summed E-state index contributed by atoms with van der Waals surface area (Å²) in [6.07, 6.45) is 0. The van der Waals surface area contributed by atoms with E-state index in [1.807, 2.05) is 43.3 Å². The molecular weight excluding hydrogens is 250 g/mol. The normalized spacial score (nSPS) is 10.3. The lowest BCUT2D eigenvalue weighted by Gasteiger charge is -2.08. The topological polar surface area (TPSA) is 30.5 Å². The fourth-order valence-corrected chi connectivity index (χ4v) is 1.85.